The van der Waals surface area contributed by atoms with Crippen molar-refractivity contribution in [3.05, 3.63) is 22.8 Å². The quantitative estimate of drug-likeness (QED) is 0.501. The fourth-order valence-corrected chi connectivity index (χ4v) is 3.37. The summed E-state index contributed by atoms with van der Waals surface area (Å²) in [5.74, 6) is 2.72. The molecule has 1 fully saturated rings. The van der Waals surface area contributed by atoms with Gasteiger partial charge in [0.2, 0.25) is 0 Å². The van der Waals surface area contributed by atoms with Crippen LogP contribution in [0.2, 0.25) is 0 Å². The lowest BCUT2D eigenvalue weighted by Gasteiger charge is -2.23. The summed E-state index contributed by atoms with van der Waals surface area (Å²) in [5.41, 5.74) is 4.98. The first-order valence-corrected chi connectivity index (χ1v) is 6.41. The molecule has 0 aromatic heterocycles. The van der Waals surface area contributed by atoms with E-state index in [-0.39, 0.29) is 0 Å². The Labute approximate surface area is 94.5 Å². The molecular formula is C15H24. The second-order valence-corrected chi connectivity index (χ2v) is 5.78. The van der Waals surface area contributed by atoms with E-state index in [2.05, 4.69) is 33.8 Å². The van der Waals surface area contributed by atoms with Gasteiger partial charge in [-0.2, -0.15) is 0 Å². The van der Waals surface area contributed by atoms with E-state index in [1.54, 1.807) is 16.7 Å². The minimum Gasteiger partial charge on any atom is -0.0853 e. The summed E-state index contributed by atoms with van der Waals surface area (Å²) in [6.45, 7) is 9.37. The second-order valence-electron chi connectivity index (χ2n) is 5.78. The molecule has 2 aliphatic rings. The molecule has 2 rings (SSSR count). The van der Waals surface area contributed by atoms with Crippen LogP contribution in [0.15, 0.2) is 22.8 Å². The average Bonchev–Trinajstić information content (AvgIpc) is 2.57. The summed E-state index contributed by atoms with van der Waals surface area (Å²) < 4.78 is 0. The summed E-state index contributed by atoms with van der Waals surface area (Å²) in [7, 11) is 0. The molecule has 0 heterocycles. The summed E-state index contributed by atoms with van der Waals surface area (Å²) in [6, 6.07) is 0. The minimum atomic E-state index is 0.868. The molecular weight excluding hydrogens is 180 g/mol. The van der Waals surface area contributed by atoms with Gasteiger partial charge in [0.15, 0.2) is 0 Å². The van der Waals surface area contributed by atoms with Crippen molar-refractivity contribution < 1.29 is 0 Å². The molecule has 0 aromatic carbocycles. The van der Waals surface area contributed by atoms with Gasteiger partial charge in [0.25, 0.3) is 0 Å². The number of hydrogen-bond acceptors (Lipinski definition) is 0. The molecule has 0 N–H and O–H groups in total. The van der Waals surface area contributed by atoms with Crippen LogP contribution in [0, 0.1) is 17.8 Å². The second kappa shape index (κ2) is 4.15. The smallest absolute Gasteiger partial charge is 0.0135 e. The van der Waals surface area contributed by atoms with Gasteiger partial charge < -0.3 is 0 Å². The molecule has 0 aromatic rings. The molecule has 1 saturated carbocycles. The molecule has 15 heavy (non-hydrogen) atoms. The highest BCUT2D eigenvalue weighted by molar-refractivity contribution is 5.23. The Bertz CT molecular complexity index is 302. The normalized spacial score (nSPS) is 35.9. The van der Waals surface area contributed by atoms with Crippen LogP contribution in [-0.2, 0) is 0 Å². The number of hydrogen-bond donors (Lipinski definition) is 0. The maximum absolute atomic E-state index is 2.50. The Morgan fingerprint density at radius 3 is 2.67 bits per heavy atom. The SMILES string of the molecule is CC1=CCCC(C)C2CC(=C(C)C)CC12. The third kappa shape index (κ3) is 2.04. The van der Waals surface area contributed by atoms with Gasteiger partial charge in [0, 0.05) is 0 Å². The molecule has 0 aliphatic heterocycles. The van der Waals surface area contributed by atoms with Crippen molar-refractivity contribution in [2.45, 2.75) is 53.4 Å². The van der Waals surface area contributed by atoms with Crippen LogP contribution in [0.1, 0.15) is 53.4 Å². The van der Waals surface area contributed by atoms with Crippen molar-refractivity contribution in [2.24, 2.45) is 17.8 Å². The van der Waals surface area contributed by atoms with Crippen molar-refractivity contribution in [3.8, 4) is 0 Å². The van der Waals surface area contributed by atoms with Crippen molar-refractivity contribution in [3.63, 3.8) is 0 Å². The summed E-state index contributed by atoms with van der Waals surface area (Å²) in [5, 5.41) is 0. The van der Waals surface area contributed by atoms with Gasteiger partial charge in [-0.05, 0) is 64.2 Å². The molecule has 0 spiro atoms. The van der Waals surface area contributed by atoms with Gasteiger partial charge in [-0.1, -0.05) is 29.7 Å². The first-order valence-electron chi connectivity index (χ1n) is 6.41. The van der Waals surface area contributed by atoms with Crippen LogP contribution in [0.3, 0.4) is 0 Å². The van der Waals surface area contributed by atoms with Crippen LogP contribution in [0.5, 0.6) is 0 Å². The van der Waals surface area contributed by atoms with Crippen LogP contribution >= 0.6 is 0 Å². The molecule has 0 saturated heterocycles. The van der Waals surface area contributed by atoms with E-state index in [4.69, 9.17) is 0 Å². The average molecular weight is 204 g/mol. The van der Waals surface area contributed by atoms with Crippen molar-refractivity contribution in [1.82, 2.24) is 0 Å². The largest absolute Gasteiger partial charge is 0.0853 e. The Balaban J connectivity index is 2.26. The third-order valence-electron chi connectivity index (χ3n) is 4.58. The van der Waals surface area contributed by atoms with Gasteiger partial charge in [0.05, 0.1) is 0 Å². The number of rotatable bonds is 0. The molecule has 0 amide bonds. The number of allylic oxidation sites excluding steroid dienone is 4. The standard InChI is InChI=1S/C15H24/c1-10(2)13-8-14-11(3)6-5-7-12(4)15(14)9-13/h6,12,14-15H,5,7-9H2,1-4H3. The zero-order chi connectivity index (χ0) is 11.0. The maximum atomic E-state index is 2.50. The third-order valence-corrected chi connectivity index (χ3v) is 4.58. The number of fused-ring (bicyclic) bond motifs is 1. The molecule has 3 atom stereocenters. The predicted molar refractivity (Wildman–Crippen MR) is 66.7 cm³/mol. The van der Waals surface area contributed by atoms with Gasteiger partial charge in [-0.3, -0.25) is 0 Å². The lowest BCUT2D eigenvalue weighted by Crippen LogP contribution is -2.15. The monoisotopic (exact) mass is 204 g/mol. The van der Waals surface area contributed by atoms with E-state index in [0.29, 0.717) is 0 Å². The molecule has 3 unspecified atom stereocenters. The highest BCUT2D eigenvalue weighted by Gasteiger charge is 2.36. The first-order chi connectivity index (χ1) is 7.09. The summed E-state index contributed by atoms with van der Waals surface area (Å²) >= 11 is 0. The molecule has 0 radical (unpaired) electrons. The van der Waals surface area contributed by atoms with Crippen molar-refractivity contribution >= 4 is 0 Å². The van der Waals surface area contributed by atoms with Gasteiger partial charge in [-0.15, -0.1) is 0 Å². The fraction of sp³-hybridized carbons (Fsp3) is 0.733. The topological polar surface area (TPSA) is 0 Å². The Morgan fingerprint density at radius 1 is 1.27 bits per heavy atom. The van der Waals surface area contributed by atoms with Crippen LogP contribution in [0.4, 0.5) is 0 Å². The Hall–Kier alpha value is -0.520. The fourth-order valence-electron chi connectivity index (χ4n) is 3.37. The van der Waals surface area contributed by atoms with Gasteiger partial charge >= 0.3 is 0 Å². The molecule has 84 valence electrons. The lowest BCUT2D eigenvalue weighted by molar-refractivity contribution is 0.304. The van der Waals surface area contributed by atoms with E-state index >= 15 is 0 Å². The van der Waals surface area contributed by atoms with Crippen LogP contribution < -0.4 is 0 Å². The Morgan fingerprint density at radius 2 is 2.00 bits per heavy atom. The van der Waals surface area contributed by atoms with Crippen molar-refractivity contribution in [1.29, 1.82) is 0 Å². The van der Waals surface area contributed by atoms with E-state index in [9.17, 15) is 0 Å². The molecule has 0 nitrogen and oxygen atoms in total. The summed E-state index contributed by atoms with van der Waals surface area (Å²) in [4.78, 5) is 0. The maximum Gasteiger partial charge on any atom is -0.0135 e. The van der Waals surface area contributed by atoms with Crippen LogP contribution in [0.25, 0.3) is 0 Å². The van der Waals surface area contributed by atoms with E-state index < -0.39 is 0 Å². The lowest BCUT2D eigenvalue weighted by atomic mass is 9.82. The first kappa shape index (κ1) is 11.0. The van der Waals surface area contributed by atoms with E-state index in [0.717, 1.165) is 17.8 Å². The van der Waals surface area contributed by atoms with Crippen molar-refractivity contribution in [2.75, 3.05) is 0 Å². The highest BCUT2D eigenvalue weighted by atomic mass is 14.4. The minimum absolute atomic E-state index is 0.868. The van der Waals surface area contributed by atoms with Gasteiger partial charge in [0.1, 0.15) is 0 Å². The zero-order valence-corrected chi connectivity index (χ0v) is 10.6. The Kier molecular flexibility index (Phi) is 3.04. The van der Waals surface area contributed by atoms with Crippen LogP contribution in [-0.4, -0.2) is 0 Å². The zero-order valence-electron chi connectivity index (χ0n) is 10.6. The summed E-state index contributed by atoms with van der Waals surface area (Å²) in [6.07, 6.45) is 7.92. The predicted octanol–water partition coefficient (Wildman–Crippen LogP) is 4.73. The molecule has 0 heteroatoms. The highest BCUT2D eigenvalue weighted by Crippen LogP contribution is 2.47. The van der Waals surface area contributed by atoms with Gasteiger partial charge in [-0.25, -0.2) is 0 Å². The molecule has 0 bridgehead atoms. The molecule has 2 aliphatic carbocycles. The van der Waals surface area contributed by atoms with E-state index in [1.807, 2.05) is 0 Å². The van der Waals surface area contributed by atoms with E-state index in [1.165, 1.54) is 25.7 Å².